The predicted octanol–water partition coefficient (Wildman–Crippen LogP) is 2.72. The summed E-state index contributed by atoms with van der Waals surface area (Å²) in [5.41, 5.74) is 0.974. The Morgan fingerprint density at radius 3 is 2.69 bits per heavy atom. The lowest BCUT2D eigenvalue weighted by molar-refractivity contribution is -0.127. The monoisotopic (exact) mass is 503 g/mol. The summed E-state index contributed by atoms with van der Waals surface area (Å²) in [6.07, 6.45) is 4.29. The number of carbonyl (C=O) groups is 2. The van der Waals surface area contributed by atoms with Crippen molar-refractivity contribution >= 4 is 34.2 Å². The maximum absolute atomic E-state index is 12.8. The van der Waals surface area contributed by atoms with E-state index in [-0.39, 0.29) is 36.0 Å². The normalized spacial score (nSPS) is 19.6. The Morgan fingerprint density at radius 1 is 1.14 bits per heavy atom. The first kappa shape index (κ1) is 25.0. The van der Waals surface area contributed by atoms with E-state index in [0.717, 1.165) is 49.2 Å². The molecule has 3 heterocycles. The molecule has 35 heavy (non-hydrogen) atoms. The highest BCUT2D eigenvalue weighted by molar-refractivity contribution is 7.15. The van der Waals surface area contributed by atoms with Crippen LogP contribution in [-0.4, -0.2) is 59.7 Å². The Kier molecular flexibility index (Phi) is 7.89. The number of rotatable bonds is 7. The summed E-state index contributed by atoms with van der Waals surface area (Å²) in [6.45, 7) is 5.22. The number of urea groups is 1. The molecule has 0 radical (unpaired) electrons. The van der Waals surface area contributed by atoms with Gasteiger partial charge in [-0.2, -0.15) is 9.97 Å². The van der Waals surface area contributed by atoms with Gasteiger partial charge in [0.1, 0.15) is 5.82 Å². The summed E-state index contributed by atoms with van der Waals surface area (Å²) in [7, 11) is 3.07. The number of aromatic nitrogens is 3. The summed E-state index contributed by atoms with van der Waals surface area (Å²) in [5, 5.41) is 9.42. The molecule has 2 atom stereocenters. The van der Waals surface area contributed by atoms with Crippen molar-refractivity contribution < 1.29 is 19.1 Å². The zero-order valence-corrected chi connectivity index (χ0v) is 21.4. The van der Waals surface area contributed by atoms with Gasteiger partial charge >= 0.3 is 12.0 Å². The fourth-order valence-electron chi connectivity index (χ4n) is 4.51. The van der Waals surface area contributed by atoms with E-state index in [2.05, 4.69) is 35.8 Å². The topological polar surface area (TPSA) is 131 Å². The number of methoxy groups -OCH3 is 2. The highest BCUT2D eigenvalue weighted by Gasteiger charge is 2.32. The Hall–Kier alpha value is -3.15. The zero-order valence-electron chi connectivity index (χ0n) is 20.6. The smallest absolute Gasteiger partial charge is 0.321 e. The van der Waals surface area contributed by atoms with Gasteiger partial charge in [0.2, 0.25) is 11.8 Å². The molecule has 0 saturated heterocycles. The maximum Gasteiger partial charge on any atom is 0.321 e. The summed E-state index contributed by atoms with van der Waals surface area (Å²) >= 11 is 1.45. The van der Waals surface area contributed by atoms with Crippen molar-refractivity contribution in [1.82, 2.24) is 25.6 Å². The number of nitrogens with one attached hydrogen (secondary N) is 3. The number of fused-ring (bicyclic) bond motifs is 1. The molecule has 3 amide bonds. The molecule has 12 heteroatoms. The first-order valence-corrected chi connectivity index (χ1v) is 12.8. The van der Waals surface area contributed by atoms with Crippen LogP contribution in [0, 0.1) is 5.92 Å². The van der Waals surface area contributed by atoms with Crippen LogP contribution in [0.3, 0.4) is 0 Å². The van der Waals surface area contributed by atoms with Crippen LogP contribution in [0.4, 0.5) is 15.7 Å². The number of ether oxygens (including phenoxy) is 2. The summed E-state index contributed by atoms with van der Waals surface area (Å²) in [5.74, 6) is 0.941. The van der Waals surface area contributed by atoms with Crippen LogP contribution in [0.2, 0.25) is 0 Å². The molecule has 2 aromatic heterocycles. The molecule has 2 unspecified atom stereocenters. The van der Waals surface area contributed by atoms with Crippen molar-refractivity contribution in [1.29, 1.82) is 0 Å². The van der Waals surface area contributed by atoms with Gasteiger partial charge in [0.15, 0.2) is 5.13 Å². The van der Waals surface area contributed by atoms with E-state index in [0.29, 0.717) is 23.4 Å². The van der Waals surface area contributed by atoms with Crippen LogP contribution < -0.4 is 30.3 Å². The Morgan fingerprint density at radius 2 is 1.94 bits per heavy atom. The average molecular weight is 504 g/mol. The molecule has 1 saturated carbocycles. The van der Waals surface area contributed by atoms with Crippen LogP contribution in [0.15, 0.2) is 6.07 Å². The van der Waals surface area contributed by atoms with E-state index in [1.807, 2.05) is 13.8 Å². The summed E-state index contributed by atoms with van der Waals surface area (Å²) in [6, 6.07) is 1.58. The standard InChI is InChI=1S/C23H33N7O4S/c1-13(2)24-20(31)14-7-5-6-8-15(14)25-21(32)29-23-26-16-9-10-30(12-17(16)35-23)18-11-19(33-3)28-22(27-18)34-4/h11,13-15H,5-10,12H2,1-4H3,(H,24,31)(H2,25,26,29,32). The third kappa shape index (κ3) is 6.11. The van der Waals surface area contributed by atoms with Gasteiger partial charge in [-0.05, 0) is 26.7 Å². The largest absolute Gasteiger partial charge is 0.481 e. The molecule has 11 nitrogen and oxygen atoms in total. The lowest BCUT2D eigenvalue weighted by Crippen LogP contribution is -2.50. The molecule has 1 fully saturated rings. The van der Waals surface area contributed by atoms with Crippen LogP contribution in [0.5, 0.6) is 11.9 Å². The van der Waals surface area contributed by atoms with Gasteiger partial charge in [-0.25, -0.2) is 9.78 Å². The quantitative estimate of drug-likeness (QED) is 0.526. The highest BCUT2D eigenvalue weighted by atomic mass is 32.1. The van der Waals surface area contributed by atoms with Crippen molar-refractivity contribution in [3.63, 3.8) is 0 Å². The number of anilines is 2. The molecule has 190 valence electrons. The van der Waals surface area contributed by atoms with E-state index in [1.165, 1.54) is 18.4 Å². The molecule has 1 aliphatic carbocycles. The number of thiazole rings is 1. The lowest BCUT2D eigenvalue weighted by atomic mass is 9.83. The van der Waals surface area contributed by atoms with E-state index in [4.69, 9.17) is 9.47 Å². The molecule has 0 aromatic carbocycles. The van der Waals surface area contributed by atoms with E-state index in [1.54, 1.807) is 13.2 Å². The lowest BCUT2D eigenvalue weighted by Gasteiger charge is -2.31. The van der Waals surface area contributed by atoms with Crippen molar-refractivity contribution in [2.45, 2.75) is 64.6 Å². The summed E-state index contributed by atoms with van der Waals surface area (Å²) < 4.78 is 10.5. The van der Waals surface area contributed by atoms with Crippen LogP contribution >= 0.6 is 11.3 Å². The molecule has 2 aliphatic rings. The number of hydrogen-bond acceptors (Lipinski definition) is 9. The Labute approximate surface area is 209 Å². The molecular formula is C23H33N7O4S. The molecule has 4 rings (SSSR count). The van der Waals surface area contributed by atoms with Gasteiger partial charge in [0.05, 0.1) is 32.4 Å². The van der Waals surface area contributed by atoms with Crippen molar-refractivity contribution in [3.8, 4) is 11.9 Å². The second-order valence-corrected chi connectivity index (χ2v) is 10.2. The number of amides is 3. The van der Waals surface area contributed by atoms with Crippen molar-refractivity contribution in [2.24, 2.45) is 5.92 Å². The fraction of sp³-hybridized carbons (Fsp3) is 0.609. The van der Waals surface area contributed by atoms with Gasteiger partial charge in [0.25, 0.3) is 0 Å². The number of carbonyl (C=O) groups excluding carboxylic acids is 2. The third-order valence-electron chi connectivity index (χ3n) is 6.19. The van der Waals surface area contributed by atoms with Crippen LogP contribution in [0.1, 0.15) is 50.1 Å². The minimum Gasteiger partial charge on any atom is -0.481 e. The predicted molar refractivity (Wildman–Crippen MR) is 133 cm³/mol. The summed E-state index contributed by atoms with van der Waals surface area (Å²) in [4.78, 5) is 41.8. The first-order chi connectivity index (χ1) is 16.9. The average Bonchev–Trinajstić information content (AvgIpc) is 3.24. The minimum absolute atomic E-state index is 0.00721. The van der Waals surface area contributed by atoms with Gasteiger partial charge in [-0.1, -0.05) is 24.2 Å². The SMILES string of the molecule is COc1cc(N2CCc3nc(NC(=O)NC4CCCCC4C(=O)NC(C)C)sc3C2)nc(OC)n1. The van der Waals surface area contributed by atoms with E-state index in [9.17, 15) is 9.59 Å². The molecule has 0 bridgehead atoms. The van der Waals surface area contributed by atoms with E-state index >= 15 is 0 Å². The second kappa shape index (κ2) is 11.1. The molecular weight excluding hydrogens is 470 g/mol. The highest BCUT2D eigenvalue weighted by Crippen LogP contribution is 2.32. The molecule has 1 aliphatic heterocycles. The van der Waals surface area contributed by atoms with Crippen LogP contribution in [-0.2, 0) is 17.8 Å². The van der Waals surface area contributed by atoms with Crippen molar-refractivity contribution in [3.05, 3.63) is 16.6 Å². The van der Waals surface area contributed by atoms with Gasteiger partial charge in [0, 0.05) is 36.0 Å². The minimum atomic E-state index is -0.326. The van der Waals surface area contributed by atoms with Gasteiger partial charge in [-0.15, -0.1) is 0 Å². The molecule has 3 N–H and O–H groups in total. The first-order valence-electron chi connectivity index (χ1n) is 11.9. The van der Waals surface area contributed by atoms with Gasteiger partial charge in [-0.3, -0.25) is 10.1 Å². The van der Waals surface area contributed by atoms with Gasteiger partial charge < -0.3 is 25.0 Å². The Balaban J connectivity index is 1.39. The fourth-order valence-corrected chi connectivity index (χ4v) is 5.52. The van der Waals surface area contributed by atoms with Crippen molar-refractivity contribution in [2.75, 3.05) is 31.0 Å². The number of nitrogens with zero attached hydrogens (tertiary/aromatic N) is 4. The van der Waals surface area contributed by atoms with E-state index < -0.39 is 0 Å². The second-order valence-electron chi connectivity index (χ2n) is 9.07. The van der Waals surface area contributed by atoms with Crippen LogP contribution in [0.25, 0.3) is 0 Å². The Bertz CT molecular complexity index is 1040. The number of hydrogen-bond donors (Lipinski definition) is 3. The molecule has 0 spiro atoms. The zero-order chi connectivity index (χ0) is 24.9. The maximum atomic E-state index is 12.8. The third-order valence-corrected chi connectivity index (χ3v) is 7.18. The molecule has 2 aromatic rings.